The molecule has 1 aromatic carbocycles. The van der Waals surface area contributed by atoms with Crippen molar-refractivity contribution in [3.05, 3.63) is 66.1 Å². The first-order chi connectivity index (χ1) is 15.4. The number of rotatable bonds is 4. The standard InChI is InChI=1S/C21H16F4N6O/c22-14-2-1-3-17-18(14)13(5-7-32-17)9-31-10-16(27-11-31)15-8-12(4-6-26-15)19-20(21(23,24)25)29-30-28-19/h1-4,6,8,10-11,13H,5,7,9H2,(H,28,29,30)/t13-/m0/s1. The first-order valence-corrected chi connectivity index (χ1v) is 9.78. The van der Waals surface area contributed by atoms with Crippen LogP contribution in [0.3, 0.4) is 0 Å². The maximum Gasteiger partial charge on any atom is 0.437 e. The summed E-state index contributed by atoms with van der Waals surface area (Å²) in [6, 6.07) is 7.68. The van der Waals surface area contributed by atoms with Crippen LogP contribution >= 0.6 is 0 Å². The molecule has 0 bridgehead atoms. The summed E-state index contributed by atoms with van der Waals surface area (Å²) in [5.41, 5.74) is 0.210. The second kappa shape index (κ2) is 7.74. The third-order valence-electron chi connectivity index (χ3n) is 5.32. The van der Waals surface area contributed by atoms with Crippen molar-refractivity contribution in [3.8, 4) is 28.4 Å². The molecule has 0 aliphatic carbocycles. The quantitative estimate of drug-likeness (QED) is 0.470. The maximum atomic E-state index is 14.4. The Hall–Kier alpha value is -3.76. The molecule has 1 aliphatic rings. The number of nitrogens with one attached hydrogen (secondary N) is 1. The smallest absolute Gasteiger partial charge is 0.437 e. The molecule has 1 N–H and O–H groups in total. The molecule has 1 aliphatic heterocycles. The van der Waals surface area contributed by atoms with Crippen LogP contribution in [-0.4, -0.2) is 36.6 Å². The van der Waals surface area contributed by atoms with Gasteiger partial charge in [-0.05, 0) is 30.7 Å². The lowest BCUT2D eigenvalue weighted by Gasteiger charge is -2.26. The number of imidazole rings is 1. The molecule has 11 heteroatoms. The van der Waals surface area contributed by atoms with E-state index in [1.54, 1.807) is 24.7 Å². The molecular formula is C21H16F4N6O. The van der Waals surface area contributed by atoms with Crippen LogP contribution in [-0.2, 0) is 12.7 Å². The molecule has 0 amide bonds. The fourth-order valence-electron chi connectivity index (χ4n) is 3.87. The van der Waals surface area contributed by atoms with Crippen LogP contribution in [0.2, 0.25) is 0 Å². The normalized spacial score (nSPS) is 15.9. The van der Waals surface area contributed by atoms with Gasteiger partial charge < -0.3 is 9.30 Å². The van der Waals surface area contributed by atoms with Crippen molar-refractivity contribution in [2.24, 2.45) is 0 Å². The number of alkyl halides is 3. The summed E-state index contributed by atoms with van der Waals surface area (Å²) in [5, 5.41) is 8.89. The van der Waals surface area contributed by atoms with Crippen molar-refractivity contribution >= 4 is 0 Å². The van der Waals surface area contributed by atoms with Gasteiger partial charge in [0.25, 0.3) is 0 Å². The van der Waals surface area contributed by atoms with E-state index in [1.165, 1.54) is 24.4 Å². The molecule has 0 saturated carbocycles. The number of H-pyrrole nitrogens is 1. The van der Waals surface area contributed by atoms with Gasteiger partial charge in [-0.2, -0.15) is 28.6 Å². The highest BCUT2D eigenvalue weighted by Gasteiger charge is 2.38. The van der Waals surface area contributed by atoms with Crippen molar-refractivity contribution in [2.75, 3.05) is 6.61 Å². The lowest BCUT2D eigenvalue weighted by Crippen LogP contribution is -2.19. The van der Waals surface area contributed by atoms with E-state index in [0.29, 0.717) is 42.3 Å². The van der Waals surface area contributed by atoms with Gasteiger partial charge in [0.15, 0.2) is 5.69 Å². The van der Waals surface area contributed by atoms with Gasteiger partial charge in [-0.15, -0.1) is 0 Å². The molecule has 164 valence electrons. The number of aromatic nitrogens is 6. The summed E-state index contributed by atoms with van der Waals surface area (Å²) in [7, 11) is 0. The van der Waals surface area contributed by atoms with E-state index in [2.05, 4.69) is 20.2 Å². The summed E-state index contributed by atoms with van der Waals surface area (Å²) >= 11 is 0. The Balaban J connectivity index is 1.41. The van der Waals surface area contributed by atoms with Crippen LogP contribution in [0.5, 0.6) is 5.75 Å². The van der Waals surface area contributed by atoms with E-state index in [4.69, 9.17) is 4.74 Å². The molecule has 0 saturated heterocycles. The molecule has 0 spiro atoms. The number of hydrogen-bond acceptors (Lipinski definition) is 5. The van der Waals surface area contributed by atoms with Gasteiger partial charge in [0.1, 0.15) is 23.0 Å². The minimum atomic E-state index is -4.64. The van der Waals surface area contributed by atoms with Crippen molar-refractivity contribution in [2.45, 2.75) is 25.1 Å². The Morgan fingerprint density at radius 3 is 2.84 bits per heavy atom. The summed E-state index contributed by atoms with van der Waals surface area (Å²) in [5.74, 6) is 0.143. The van der Waals surface area contributed by atoms with Crippen LogP contribution < -0.4 is 4.74 Å². The van der Waals surface area contributed by atoms with Gasteiger partial charge >= 0.3 is 6.18 Å². The molecule has 1 atom stereocenters. The Morgan fingerprint density at radius 2 is 2.00 bits per heavy atom. The van der Waals surface area contributed by atoms with Gasteiger partial charge in [-0.1, -0.05) is 6.07 Å². The topological polar surface area (TPSA) is 81.5 Å². The van der Waals surface area contributed by atoms with Gasteiger partial charge in [0.2, 0.25) is 0 Å². The molecule has 0 unspecified atom stereocenters. The minimum absolute atomic E-state index is 0.0919. The summed E-state index contributed by atoms with van der Waals surface area (Å²) in [6.07, 6.45) is 0.735. The van der Waals surface area contributed by atoms with Crippen LogP contribution in [0.25, 0.3) is 22.6 Å². The first-order valence-electron chi connectivity index (χ1n) is 9.78. The highest BCUT2D eigenvalue weighted by molar-refractivity contribution is 5.67. The number of benzene rings is 1. The molecular weight excluding hydrogens is 428 g/mol. The number of halogens is 4. The summed E-state index contributed by atoms with van der Waals surface area (Å²) < 4.78 is 61.2. The second-order valence-corrected chi connectivity index (χ2v) is 7.39. The zero-order valence-corrected chi connectivity index (χ0v) is 16.5. The minimum Gasteiger partial charge on any atom is -0.493 e. The number of nitrogens with zero attached hydrogens (tertiary/aromatic N) is 5. The van der Waals surface area contributed by atoms with E-state index < -0.39 is 11.9 Å². The Kier molecular flexibility index (Phi) is 4.87. The lowest BCUT2D eigenvalue weighted by atomic mass is 9.92. The fraction of sp³-hybridized carbons (Fsp3) is 0.238. The third-order valence-corrected chi connectivity index (χ3v) is 5.32. The van der Waals surface area contributed by atoms with Crippen molar-refractivity contribution in [3.63, 3.8) is 0 Å². The molecule has 4 aromatic rings. The molecule has 4 heterocycles. The molecule has 3 aromatic heterocycles. The van der Waals surface area contributed by atoms with Gasteiger partial charge in [-0.25, -0.2) is 9.37 Å². The zero-order chi connectivity index (χ0) is 22.3. The van der Waals surface area contributed by atoms with E-state index >= 15 is 0 Å². The van der Waals surface area contributed by atoms with E-state index in [1.807, 2.05) is 9.78 Å². The molecule has 0 fully saturated rings. The molecule has 0 radical (unpaired) electrons. The Labute approximate surface area is 179 Å². The lowest BCUT2D eigenvalue weighted by molar-refractivity contribution is -0.140. The SMILES string of the molecule is Fc1cccc2c1[C@H](Cn1cnc(-c3cc(-c4n[nH]nc4C(F)(F)F)ccn3)c1)CCO2. The highest BCUT2D eigenvalue weighted by Crippen LogP contribution is 2.37. The Bertz CT molecular complexity index is 1270. The maximum absolute atomic E-state index is 14.4. The van der Waals surface area contributed by atoms with E-state index in [9.17, 15) is 17.6 Å². The molecule has 7 nitrogen and oxygen atoms in total. The van der Waals surface area contributed by atoms with Crippen molar-refractivity contribution in [1.29, 1.82) is 0 Å². The predicted molar refractivity (Wildman–Crippen MR) is 105 cm³/mol. The molecule has 32 heavy (non-hydrogen) atoms. The number of aromatic amines is 1. The van der Waals surface area contributed by atoms with Crippen molar-refractivity contribution in [1.82, 2.24) is 29.9 Å². The van der Waals surface area contributed by atoms with Gasteiger partial charge in [-0.3, -0.25) is 4.98 Å². The fourth-order valence-corrected chi connectivity index (χ4v) is 3.87. The average molecular weight is 444 g/mol. The van der Waals surface area contributed by atoms with E-state index in [0.717, 1.165) is 0 Å². The number of pyridine rings is 1. The third kappa shape index (κ3) is 3.70. The molecule has 5 rings (SSSR count). The first kappa shape index (κ1) is 20.2. The summed E-state index contributed by atoms with van der Waals surface area (Å²) in [6.45, 7) is 0.969. The zero-order valence-electron chi connectivity index (χ0n) is 16.5. The highest BCUT2D eigenvalue weighted by atomic mass is 19.4. The van der Waals surface area contributed by atoms with Gasteiger partial charge in [0, 0.05) is 36.0 Å². The second-order valence-electron chi connectivity index (χ2n) is 7.39. The largest absolute Gasteiger partial charge is 0.493 e. The van der Waals surface area contributed by atoms with Gasteiger partial charge in [0.05, 0.1) is 18.6 Å². The summed E-state index contributed by atoms with van der Waals surface area (Å²) in [4.78, 5) is 8.56. The number of ether oxygens (including phenoxy) is 1. The Morgan fingerprint density at radius 1 is 1.12 bits per heavy atom. The predicted octanol–water partition coefficient (Wildman–Crippen LogP) is 4.45. The van der Waals surface area contributed by atoms with Crippen LogP contribution in [0.1, 0.15) is 23.6 Å². The van der Waals surface area contributed by atoms with E-state index in [-0.39, 0.29) is 23.0 Å². The van der Waals surface area contributed by atoms with Crippen LogP contribution in [0.4, 0.5) is 17.6 Å². The monoisotopic (exact) mass is 444 g/mol. The van der Waals surface area contributed by atoms with Crippen molar-refractivity contribution < 1.29 is 22.3 Å². The van der Waals surface area contributed by atoms with Crippen LogP contribution in [0.15, 0.2) is 49.1 Å². The average Bonchev–Trinajstić information content (AvgIpc) is 3.44. The number of hydrogen-bond donors (Lipinski definition) is 1. The number of fused-ring (bicyclic) bond motifs is 1. The van der Waals surface area contributed by atoms with Crippen LogP contribution in [0, 0.1) is 5.82 Å².